The van der Waals surface area contributed by atoms with Gasteiger partial charge in [0.15, 0.2) is 0 Å². The molecule has 2 aromatic carbocycles. The van der Waals surface area contributed by atoms with E-state index in [1.165, 1.54) is 24.8 Å². The second kappa shape index (κ2) is 11.2. The molecule has 0 fully saturated rings. The highest BCUT2D eigenvalue weighted by Gasteiger charge is 2.33. The molecule has 1 heterocycles. The summed E-state index contributed by atoms with van der Waals surface area (Å²) in [5.41, 5.74) is 1.76. The van der Waals surface area contributed by atoms with Gasteiger partial charge in [-0.25, -0.2) is 9.59 Å². The molecule has 0 aliphatic carbocycles. The third-order valence-corrected chi connectivity index (χ3v) is 6.00. The predicted octanol–water partition coefficient (Wildman–Crippen LogP) is 7.64. The van der Waals surface area contributed by atoms with Gasteiger partial charge < -0.3 is 13.9 Å². The SMILES string of the molecule is C=C(C)C(=O)OC(C)(C)CC(C)(C)Oc1ccc2oc(=O)c(-c3ccc(CCCCC)cc3)cc2c1. The molecule has 192 valence electrons. The Hall–Kier alpha value is -3.34. The first kappa shape index (κ1) is 27.3. The van der Waals surface area contributed by atoms with Crippen LogP contribution in [0.5, 0.6) is 5.75 Å². The van der Waals surface area contributed by atoms with Gasteiger partial charge in [-0.3, -0.25) is 0 Å². The maximum atomic E-state index is 12.7. The molecule has 0 amide bonds. The summed E-state index contributed by atoms with van der Waals surface area (Å²) in [5.74, 6) is 0.221. The van der Waals surface area contributed by atoms with Crippen LogP contribution in [0.4, 0.5) is 0 Å². The zero-order valence-electron chi connectivity index (χ0n) is 22.4. The number of aryl methyl sites for hydroxylation is 1. The van der Waals surface area contributed by atoms with Gasteiger partial charge in [-0.2, -0.15) is 0 Å². The summed E-state index contributed by atoms with van der Waals surface area (Å²) < 4.78 is 17.5. The fraction of sp³-hybridized carbons (Fsp3) is 0.419. The fourth-order valence-electron chi connectivity index (χ4n) is 4.55. The maximum Gasteiger partial charge on any atom is 0.344 e. The molecule has 0 bridgehead atoms. The van der Waals surface area contributed by atoms with E-state index in [4.69, 9.17) is 13.9 Å². The molecule has 5 heteroatoms. The Morgan fingerprint density at radius 2 is 1.67 bits per heavy atom. The van der Waals surface area contributed by atoms with Crippen molar-refractivity contribution in [1.29, 1.82) is 0 Å². The monoisotopic (exact) mass is 490 g/mol. The van der Waals surface area contributed by atoms with Gasteiger partial charge >= 0.3 is 11.6 Å². The maximum absolute atomic E-state index is 12.7. The van der Waals surface area contributed by atoms with E-state index in [2.05, 4.69) is 25.6 Å². The lowest BCUT2D eigenvalue weighted by molar-refractivity contribution is -0.155. The summed E-state index contributed by atoms with van der Waals surface area (Å²) >= 11 is 0. The van der Waals surface area contributed by atoms with E-state index in [0.717, 1.165) is 17.4 Å². The summed E-state index contributed by atoms with van der Waals surface area (Å²) in [4.78, 5) is 24.7. The third-order valence-electron chi connectivity index (χ3n) is 6.00. The van der Waals surface area contributed by atoms with Gasteiger partial charge in [-0.15, -0.1) is 0 Å². The second-order valence-electron chi connectivity index (χ2n) is 10.8. The Kier molecular flexibility index (Phi) is 8.44. The molecule has 0 aliphatic rings. The minimum Gasteiger partial charge on any atom is -0.488 e. The first-order chi connectivity index (χ1) is 16.9. The van der Waals surface area contributed by atoms with E-state index in [9.17, 15) is 9.59 Å². The number of esters is 1. The van der Waals surface area contributed by atoms with E-state index in [0.29, 0.717) is 28.9 Å². The average Bonchev–Trinajstić information content (AvgIpc) is 2.78. The standard InChI is InChI=1S/C31H38O5/c1-8-9-10-11-22-12-14-23(15-13-22)26-19-24-18-25(16-17-27(24)34-29(26)33)35-30(4,5)20-31(6,7)36-28(32)21(2)3/h12-19H,2,8-11,20H2,1,3-7H3. The molecule has 0 spiro atoms. The zero-order chi connectivity index (χ0) is 26.5. The number of hydrogen-bond acceptors (Lipinski definition) is 5. The molecule has 36 heavy (non-hydrogen) atoms. The smallest absolute Gasteiger partial charge is 0.344 e. The van der Waals surface area contributed by atoms with Crippen molar-refractivity contribution >= 4 is 16.9 Å². The number of hydrogen-bond donors (Lipinski definition) is 0. The Morgan fingerprint density at radius 1 is 0.972 bits per heavy atom. The van der Waals surface area contributed by atoms with Crippen molar-refractivity contribution in [3.63, 3.8) is 0 Å². The van der Waals surface area contributed by atoms with Gasteiger partial charge in [0.2, 0.25) is 0 Å². The molecular formula is C31H38O5. The first-order valence-corrected chi connectivity index (χ1v) is 12.6. The van der Waals surface area contributed by atoms with Crippen molar-refractivity contribution in [2.24, 2.45) is 0 Å². The summed E-state index contributed by atoms with van der Waals surface area (Å²) in [6, 6.07) is 15.4. The lowest BCUT2D eigenvalue weighted by atomic mass is 9.92. The lowest BCUT2D eigenvalue weighted by Crippen LogP contribution is -2.40. The van der Waals surface area contributed by atoms with Crippen LogP contribution in [0, 0.1) is 0 Å². The number of unbranched alkanes of at least 4 members (excludes halogenated alkanes) is 2. The largest absolute Gasteiger partial charge is 0.488 e. The number of benzene rings is 2. The van der Waals surface area contributed by atoms with Crippen LogP contribution in [0.2, 0.25) is 0 Å². The van der Waals surface area contributed by atoms with Crippen LogP contribution in [0.25, 0.3) is 22.1 Å². The molecule has 0 radical (unpaired) electrons. The Morgan fingerprint density at radius 3 is 2.31 bits per heavy atom. The van der Waals surface area contributed by atoms with E-state index in [1.54, 1.807) is 19.1 Å². The van der Waals surface area contributed by atoms with Crippen LogP contribution in [0.1, 0.15) is 72.8 Å². The highest BCUT2D eigenvalue weighted by Crippen LogP contribution is 2.31. The number of fused-ring (bicyclic) bond motifs is 1. The molecule has 0 unspecified atom stereocenters. The van der Waals surface area contributed by atoms with Crippen molar-refractivity contribution in [3.8, 4) is 16.9 Å². The summed E-state index contributed by atoms with van der Waals surface area (Å²) in [6.45, 7) is 15.1. The normalized spacial score (nSPS) is 11.9. The second-order valence-corrected chi connectivity index (χ2v) is 10.8. The highest BCUT2D eigenvalue weighted by molar-refractivity contribution is 5.87. The van der Waals surface area contributed by atoms with E-state index < -0.39 is 17.2 Å². The Bertz CT molecular complexity index is 1280. The van der Waals surface area contributed by atoms with Crippen molar-refractivity contribution in [1.82, 2.24) is 0 Å². The quantitative estimate of drug-likeness (QED) is 0.120. The van der Waals surface area contributed by atoms with Crippen LogP contribution >= 0.6 is 0 Å². The third kappa shape index (κ3) is 7.33. The fourth-order valence-corrected chi connectivity index (χ4v) is 4.55. The van der Waals surface area contributed by atoms with Gasteiger partial charge in [0.25, 0.3) is 0 Å². The van der Waals surface area contributed by atoms with Crippen LogP contribution in [-0.4, -0.2) is 17.2 Å². The van der Waals surface area contributed by atoms with Gasteiger partial charge in [0.05, 0.1) is 5.56 Å². The summed E-state index contributed by atoms with van der Waals surface area (Å²) in [7, 11) is 0. The molecule has 0 atom stereocenters. The van der Waals surface area contributed by atoms with Gasteiger partial charge in [-0.05, 0) is 82.9 Å². The number of rotatable bonds is 11. The number of ether oxygens (including phenoxy) is 2. The van der Waals surface area contributed by atoms with Crippen LogP contribution in [-0.2, 0) is 16.0 Å². The van der Waals surface area contributed by atoms with Crippen molar-refractivity contribution in [2.75, 3.05) is 0 Å². The lowest BCUT2D eigenvalue weighted by Gasteiger charge is -2.35. The molecule has 3 rings (SSSR count). The molecule has 0 saturated heterocycles. The molecular weight excluding hydrogens is 452 g/mol. The molecule has 1 aromatic heterocycles. The Balaban J connectivity index is 1.81. The number of carbonyl (C=O) groups is 1. The predicted molar refractivity (Wildman–Crippen MR) is 145 cm³/mol. The molecule has 0 N–H and O–H groups in total. The van der Waals surface area contributed by atoms with Crippen LogP contribution < -0.4 is 10.4 Å². The Labute approximate surface area is 214 Å². The molecule has 3 aromatic rings. The average molecular weight is 491 g/mol. The van der Waals surface area contributed by atoms with Gasteiger partial charge in [-0.1, -0.05) is 50.6 Å². The van der Waals surface area contributed by atoms with E-state index in [-0.39, 0.29) is 5.63 Å². The van der Waals surface area contributed by atoms with Gasteiger partial charge in [0.1, 0.15) is 22.5 Å². The molecule has 0 aliphatic heterocycles. The van der Waals surface area contributed by atoms with Crippen molar-refractivity contribution in [2.45, 2.75) is 84.8 Å². The summed E-state index contributed by atoms with van der Waals surface area (Å²) in [5, 5.41) is 0.776. The number of carbonyl (C=O) groups excluding carboxylic acids is 1. The van der Waals surface area contributed by atoms with E-state index in [1.807, 2.05) is 52.0 Å². The van der Waals surface area contributed by atoms with Crippen molar-refractivity contribution < 1.29 is 18.7 Å². The van der Waals surface area contributed by atoms with Crippen LogP contribution in [0.15, 0.2) is 69.9 Å². The van der Waals surface area contributed by atoms with Crippen molar-refractivity contribution in [3.05, 3.63) is 76.7 Å². The molecule has 5 nitrogen and oxygen atoms in total. The van der Waals surface area contributed by atoms with E-state index >= 15 is 0 Å². The van der Waals surface area contributed by atoms with Crippen LogP contribution in [0.3, 0.4) is 0 Å². The van der Waals surface area contributed by atoms with Gasteiger partial charge in [0, 0.05) is 17.4 Å². The minimum absolute atomic E-state index is 0.361. The molecule has 0 saturated carbocycles. The minimum atomic E-state index is -0.737. The zero-order valence-corrected chi connectivity index (χ0v) is 22.4. The summed E-state index contributed by atoms with van der Waals surface area (Å²) in [6.07, 6.45) is 5.09. The topological polar surface area (TPSA) is 65.7 Å². The first-order valence-electron chi connectivity index (χ1n) is 12.6. The highest BCUT2D eigenvalue weighted by atomic mass is 16.6.